The van der Waals surface area contributed by atoms with Gasteiger partial charge in [0.15, 0.2) is 0 Å². The molecule has 0 aliphatic carbocycles. The maximum atomic E-state index is 6.01. The van der Waals surface area contributed by atoms with Gasteiger partial charge in [-0.15, -0.1) is 0 Å². The molecule has 0 amide bonds. The molecule has 0 aliphatic heterocycles. The summed E-state index contributed by atoms with van der Waals surface area (Å²) >= 11 is 9.52. The molecule has 0 radical (unpaired) electrons. The number of aromatic nitrogens is 2. The highest BCUT2D eigenvalue weighted by atomic mass is 79.9. The zero-order valence-electron chi connectivity index (χ0n) is 10.4. The van der Waals surface area contributed by atoms with E-state index in [1.807, 2.05) is 25.1 Å². The average molecular weight is 342 g/mol. The maximum Gasteiger partial charge on any atom is 0.128 e. The van der Waals surface area contributed by atoms with Crippen molar-refractivity contribution in [1.29, 1.82) is 0 Å². The van der Waals surface area contributed by atoms with Gasteiger partial charge in [-0.05, 0) is 40.7 Å². The molecule has 4 nitrogen and oxygen atoms in total. The van der Waals surface area contributed by atoms with Gasteiger partial charge in [0.2, 0.25) is 0 Å². The number of pyridine rings is 2. The van der Waals surface area contributed by atoms with Gasteiger partial charge in [0.05, 0.1) is 16.8 Å². The Hall–Kier alpha value is -1.17. The van der Waals surface area contributed by atoms with Gasteiger partial charge >= 0.3 is 0 Å². The number of nitrogens with zero attached hydrogens (tertiary/aromatic N) is 2. The zero-order chi connectivity index (χ0) is 13.8. The minimum atomic E-state index is -0.147. The Labute approximate surface area is 125 Å². The number of halogens is 2. The molecule has 100 valence electrons. The molecule has 2 heterocycles. The molecule has 2 aromatic rings. The number of nitrogens with one attached hydrogen (secondary N) is 1. The molecule has 1 unspecified atom stereocenters. The molecule has 0 bridgehead atoms. The van der Waals surface area contributed by atoms with Crippen molar-refractivity contribution in [3.8, 4) is 0 Å². The lowest BCUT2D eigenvalue weighted by Crippen LogP contribution is -2.24. The van der Waals surface area contributed by atoms with Crippen LogP contribution in [0.4, 0.5) is 5.82 Å². The van der Waals surface area contributed by atoms with E-state index in [0.29, 0.717) is 10.8 Å². The van der Waals surface area contributed by atoms with Crippen LogP contribution < -0.4 is 11.1 Å². The summed E-state index contributed by atoms with van der Waals surface area (Å²) in [4.78, 5) is 8.51. The Balaban J connectivity index is 2.51. The summed E-state index contributed by atoms with van der Waals surface area (Å²) in [6.07, 6.45) is 3.29. The van der Waals surface area contributed by atoms with Crippen molar-refractivity contribution in [3.05, 3.63) is 51.3 Å². The van der Waals surface area contributed by atoms with Crippen molar-refractivity contribution < 1.29 is 0 Å². The van der Waals surface area contributed by atoms with E-state index >= 15 is 0 Å². The number of nitrogen functional groups attached to an aromatic ring is 1. The lowest BCUT2D eigenvalue weighted by molar-refractivity contribution is 0.613. The quantitative estimate of drug-likeness (QED) is 0.896. The molecule has 2 rings (SSSR count). The third-order valence-corrected chi connectivity index (χ3v) is 3.57. The second kappa shape index (κ2) is 6.32. The fourth-order valence-corrected chi connectivity index (χ4v) is 2.52. The van der Waals surface area contributed by atoms with Crippen molar-refractivity contribution >= 4 is 33.3 Å². The number of hydrogen-bond acceptors (Lipinski definition) is 4. The maximum absolute atomic E-state index is 6.01. The van der Waals surface area contributed by atoms with Crippen LogP contribution in [0.15, 0.2) is 35.1 Å². The topological polar surface area (TPSA) is 63.8 Å². The van der Waals surface area contributed by atoms with Gasteiger partial charge in [0.25, 0.3) is 0 Å². The van der Waals surface area contributed by atoms with E-state index in [0.717, 1.165) is 22.3 Å². The summed E-state index contributed by atoms with van der Waals surface area (Å²) in [5.41, 5.74) is 7.64. The smallest absolute Gasteiger partial charge is 0.128 e. The first-order chi connectivity index (χ1) is 9.13. The summed E-state index contributed by atoms with van der Waals surface area (Å²) in [6, 6.07) is 5.49. The van der Waals surface area contributed by atoms with E-state index in [2.05, 4.69) is 31.2 Å². The number of rotatable bonds is 4. The van der Waals surface area contributed by atoms with Gasteiger partial charge < -0.3 is 11.1 Å². The van der Waals surface area contributed by atoms with E-state index in [4.69, 9.17) is 17.3 Å². The fraction of sp³-hybridized carbons (Fsp3) is 0.231. The van der Waals surface area contributed by atoms with E-state index in [-0.39, 0.29) is 6.04 Å². The van der Waals surface area contributed by atoms with Crippen molar-refractivity contribution in [2.75, 3.05) is 12.3 Å². The van der Waals surface area contributed by atoms with Gasteiger partial charge in [-0.25, -0.2) is 4.98 Å². The van der Waals surface area contributed by atoms with Crippen LogP contribution in [-0.2, 0) is 0 Å². The van der Waals surface area contributed by atoms with E-state index < -0.39 is 0 Å². The molecule has 0 spiro atoms. The summed E-state index contributed by atoms with van der Waals surface area (Å²) < 4.78 is 0.917. The lowest BCUT2D eigenvalue weighted by atomic mass is 10.0. The Morgan fingerprint density at radius 1 is 1.47 bits per heavy atom. The second-order valence-corrected chi connectivity index (χ2v) is 5.28. The van der Waals surface area contributed by atoms with Gasteiger partial charge in [0.1, 0.15) is 5.82 Å². The highest BCUT2D eigenvalue weighted by Gasteiger charge is 2.20. The average Bonchev–Trinajstić information content (AvgIpc) is 2.40. The Morgan fingerprint density at radius 3 is 2.95 bits per heavy atom. The number of nitrogens with two attached hydrogens (primary N) is 1. The summed E-state index contributed by atoms with van der Waals surface area (Å²) in [5, 5.41) is 3.91. The van der Waals surface area contributed by atoms with Gasteiger partial charge in [-0.3, -0.25) is 4.98 Å². The normalized spacial score (nSPS) is 12.4. The highest BCUT2D eigenvalue weighted by molar-refractivity contribution is 9.10. The molecule has 2 aromatic heterocycles. The van der Waals surface area contributed by atoms with Crippen LogP contribution in [0.25, 0.3) is 0 Å². The molecule has 1 atom stereocenters. The monoisotopic (exact) mass is 340 g/mol. The lowest BCUT2D eigenvalue weighted by Gasteiger charge is -2.20. The van der Waals surface area contributed by atoms with Gasteiger partial charge in [-0.1, -0.05) is 18.5 Å². The van der Waals surface area contributed by atoms with E-state index in [1.165, 1.54) is 6.20 Å². The molecule has 0 aliphatic rings. The summed E-state index contributed by atoms with van der Waals surface area (Å²) in [5.74, 6) is 0.452. The van der Waals surface area contributed by atoms with Crippen LogP contribution in [0.5, 0.6) is 0 Å². The predicted octanol–water partition coefficient (Wildman–Crippen LogP) is 3.17. The van der Waals surface area contributed by atoms with Crippen LogP contribution in [0.2, 0.25) is 5.02 Å². The molecule has 0 fully saturated rings. The molecule has 19 heavy (non-hydrogen) atoms. The molecular formula is C13H14BrClN4. The Morgan fingerprint density at radius 2 is 2.26 bits per heavy atom. The van der Waals surface area contributed by atoms with Crippen LogP contribution in [-0.4, -0.2) is 16.5 Å². The predicted molar refractivity (Wildman–Crippen MR) is 81.1 cm³/mol. The van der Waals surface area contributed by atoms with Crippen LogP contribution >= 0.6 is 27.5 Å². The first-order valence-corrected chi connectivity index (χ1v) is 7.05. The fourth-order valence-electron chi connectivity index (χ4n) is 1.87. The Bertz CT molecular complexity index is 576. The third-order valence-electron chi connectivity index (χ3n) is 2.70. The Kier molecular flexibility index (Phi) is 4.74. The summed E-state index contributed by atoms with van der Waals surface area (Å²) in [7, 11) is 0. The van der Waals surface area contributed by atoms with Crippen LogP contribution in [0.3, 0.4) is 0 Å². The molecular weight excluding hydrogens is 328 g/mol. The molecule has 0 saturated carbocycles. The standard InChI is InChI=1S/C13H14BrClN4/c1-2-17-11(12-10(14)4-3-5-18-12)9-6-8(15)7-19-13(9)16/h3-7,11,17H,2H2,1H3,(H2,16,19). The largest absolute Gasteiger partial charge is 0.383 e. The van der Waals surface area contributed by atoms with Crippen molar-refractivity contribution in [3.63, 3.8) is 0 Å². The zero-order valence-corrected chi connectivity index (χ0v) is 12.7. The van der Waals surface area contributed by atoms with Crippen LogP contribution in [0, 0.1) is 0 Å². The molecule has 0 aromatic carbocycles. The van der Waals surface area contributed by atoms with Crippen molar-refractivity contribution in [1.82, 2.24) is 15.3 Å². The second-order valence-electron chi connectivity index (χ2n) is 3.99. The molecule has 0 saturated heterocycles. The van der Waals surface area contributed by atoms with Gasteiger partial charge in [0, 0.05) is 22.4 Å². The first-order valence-electron chi connectivity index (χ1n) is 5.88. The number of anilines is 1. The summed E-state index contributed by atoms with van der Waals surface area (Å²) in [6.45, 7) is 2.80. The SMILES string of the molecule is CCNC(c1cc(Cl)cnc1N)c1ncccc1Br. The van der Waals surface area contributed by atoms with Gasteiger partial charge in [-0.2, -0.15) is 0 Å². The third kappa shape index (κ3) is 3.23. The molecule has 3 N–H and O–H groups in total. The first kappa shape index (κ1) is 14.2. The highest BCUT2D eigenvalue weighted by Crippen LogP contribution is 2.30. The van der Waals surface area contributed by atoms with Crippen LogP contribution in [0.1, 0.15) is 24.2 Å². The van der Waals surface area contributed by atoms with Crippen molar-refractivity contribution in [2.45, 2.75) is 13.0 Å². The molecule has 6 heteroatoms. The van der Waals surface area contributed by atoms with Crippen molar-refractivity contribution in [2.24, 2.45) is 0 Å². The minimum absolute atomic E-state index is 0.147. The van der Waals surface area contributed by atoms with E-state index in [9.17, 15) is 0 Å². The van der Waals surface area contributed by atoms with E-state index in [1.54, 1.807) is 6.20 Å². The number of hydrogen-bond donors (Lipinski definition) is 2. The minimum Gasteiger partial charge on any atom is -0.383 e.